The Morgan fingerprint density at radius 3 is 2.39 bits per heavy atom. The van der Waals surface area contributed by atoms with Crippen LogP contribution in [0.25, 0.3) is 11.1 Å². The molecular formula is C29H33NO3. The third-order valence-electron chi connectivity index (χ3n) is 6.51. The lowest BCUT2D eigenvalue weighted by Crippen LogP contribution is -2.40. The van der Waals surface area contributed by atoms with Crippen LogP contribution in [0.2, 0.25) is 0 Å². The van der Waals surface area contributed by atoms with E-state index in [4.69, 9.17) is 9.47 Å². The first-order chi connectivity index (χ1) is 16.1. The molecule has 3 aromatic carbocycles. The maximum Gasteiger partial charge on any atom is 0.253 e. The van der Waals surface area contributed by atoms with Gasteiger partial charge in [-0.1, -0.05) is 43.3 Å². The lowest BCUT2D eigenvalue weighted by atomic mass is 9.96. The zero-order valence-electron chi connectivity index (χ0n) is 19.8. The van der Waals surface area contributed by atoms with Gasteiger partial charge in [0.1, 0.15) is 12.4 Å². The van der Waals surface area contributed by atoms with Crippen molar-refractivity contribution in [2.24, 2.45) is 0 Å². The van der Waals surface area contributed by atoms with Crippen molar-refractivity contribution in [3.05, 3.63) is 89.0 Å². The summed E-state index contributed by atoms with van der Waals surface area (Å²) in [5.74, 6) is 0.988. The number of hydrogen-bond donors (Lipinski definition) is 0. The molecular weight excluding hydrogens is 410 g/mol. The molecule has 0 unspecified atom stereocenters. The Bertz CT molecular complexity index is 1080. The second kappa shape index (κ2) is 10.7. The highest BCUT2D eigenvalue weighted by Crippen LogP contribution is 2.27. The quantitative estimate of drug-likeness (QED) is 0.446. The van der Waals surface area contributed by atoms with Gasteiger partial charge in [-0.05, 0) is 84.3 Å². The standard InChI is InChI=1S/C29H33NO3/c1-4-22-8-11-27(12-9-22)33-20-23-6-5-7-24(19-23)28-13-10-25(18-21(28)2)29(31)30-16-14-26(32-3)15-17-30/h5-13,18-19,26H,4,14-17,20H2,1-3H3. The van der Waals surface area contributed by atoms with Crippen LogP contribution in [0.5, 0.6) is 5.75 Å². The third-order valence-corrected chi connectivity index (χ3v) is 6.51. The van der Waals surface area contributed by atoms with E-state index in [2.05, 4.69) is 56.3 Å². The zero-order valence-corrected chi connectivity index (χ0v) is 19.8. The molecule has 0 bridgehead atoms. The van der Waals surface area contributed by atoms with Crippen molar-refractivity contribution >= 4 is 5.91 Å². The van der Waals surface area contributed by atoms with Gasteiger partial charge in [0.15, 0.2) is 0 Å². The molecule has 33 heavy (non-hydrogen) atoms. The van der Waals surface area contributed by atoms with Crippen LogP contribution in [-0.4, -0.2) is 37.1 Å². The highest BCUT2D eigenvalue weighted by molar-refractivity contribution is 5.95. The predicted octanol–water partition coefficient (Wildman–Crippen LogP) is 6.05. The van der Waals surface area contributed by atoms with Crippen molar-refractivity contribution in [1.29, 1.82) is 0 Å². The molecule has 4 rings (SSSR count). The van der Waals surface area contributed by atoms with Gasteiger partial charge in [-0.3, -0.25) is 4.79 Å². The highest BCUT2D eigenvalue weighted by atomic mass is 16.5. The average molecular weight is 444 g/mol. The fourth-order valence-electron chi connectivity index (χ4n) is 4.41. The molecule has 0 spiro atoms. The van der Waals surface area contributed by atoms with Crippen LogP contribution in [0.3, 0.4) is 0 Å². The summed E-state index contributed by atoms with van der Waals surface area (Å²) in [5.41, 5.74) is 6.55. The number of carbonyl (C=O) groups is 1. The largest absolute Gasteiger partial charge is 0.489 e. The summed E-state index contributed by atoms with van der Waals surface area (Å²) in [6, 6.07) is 22.7. The zero-order chi connectivity index (χ0) is 23.2. The van der Waals surface area contributed by atoms with Crippen LogP contribution in [-0.2, 0) is 17.8 Å². The molecule has 0 aromatic heterocycles. The third kappa shape index (κ3) is 5.63. The lowest BCUT2D eigenvalue weighted by Gasteiger charge is -2.31. The van der Waals surface area contributed by atoms with E-state index in [9.17, 15) is 4.79 Å². The topological polar surface area (TPSA) is 38.8 Å². The van der Waals surface area contributed by atoms with E-state index in [-0.39, 0.29) is 12.0 Å². The number of aryl methyl sites for hydroxylation is 2. The van der Waals surface area contributed by atoms with Gasteiger partial charge in [0.05, 0.1) is 6.10 Å². The monoisotopic (exact) mass is 443 g/mol. The van der Waals surface area contributed by atoms with Crippen LogP contribution < -0.4 is 4.74 Å². The van der Waals surface area contributed by atoms with Crippen molar-refractivity contribution in [3.8, 4) is 16.9 Å². The Labute approximate surface area is 197 Å². The Balaban J connectivity index is 1.44. The van der Waals surface area contributed by atoms with Gasteiger partial charge in [-0.15, -0.1) is 0 Å². The maximum atomic E-state index is 13.0. The molecule has 1 amide bonds. The van der Waals surface area contributed by atoms with E-state index in [0.29, 0.717) is 6.61 Å². The minimum Gasteiger partial charge on any atom is -0.489 e. The first kappa shape index (κ1) is 23.1. The van der Waals surface area contributed by atoms with Crippen LogP contribution in [0.15, 0.2) is 66.7 Å². The molecule has 0 atom stereocenters. The van der Waals surface area contributed by atoms with E-state index >= 15 is 0 Å². The Morgan fingerprint density at radius 1 is 0.970 bits per heavy atom. The SMILES string of the molecule is CCc1ccc(OCc2cccc(-c3ccc(C(=O)N4CCC(OC)CC4)cc3C)c2)cc1. The van der Waals surface area contributed by atoms with Gasteiger partial charge in [0, 0.05) is 25.8 Å². The number of amides is 1. The van der Waals surface area contributed by atoms with E-state index in [1.165, 1.54) is 5.56 Å². The number of methoxy groups -OCH3 is 1. The number of piperidine rings is 1. The van der Waals surface area contributed by atoms with E-state index < -0.39 is 0 Å². The molecule has 0 saturated carbocycles. The number of hydrogen-bond acceptors (Lipinski definition) is 3. The normalized spacial score (nSPS) is 14.3. The lowest BCUT2D eigenvalue weighted by molar-refractivity contribution is 0.0350. The Morgan fingerprint density at radius 2 is 1.73 bits per heavy atom. The molecule has 4 nitrogen and oxygen atoms in total. The van der Waals surface area contributed by atoms with E-state index in [1.54, 1.807) is 7.11 Å². The van der Waals surface area contributed by atoms with Crippen molar-refractivity contribution in [2.75, 3.05) is 20.2 Å². The fraction of sp³-hybridized carbons (Fsp3) is 0.345. The fourth-order valence-corrected chi connectivity index (χ4v) is 4.41. The van der Waals surface area contributed by atoms with Crippen molar-refractivity contribution in [3.63, 3.8) is 0 Å². The first-order valence-corrected chi connectivity index (χ1v) is 11.8. The predicted molar refractivity (Wildman–Crippen MR) is 133 cm³/mol. The molecule has 1 saturated heterocycles. The summed E-state index contributed by atoms with van der Waals surface area (Å²) in [6.07, 6.45) is 3.09. The van der Waals surface area contributed by atoms with Gasteiger partial charge in [-0.25, -0.2) is 0 Å². The number of benzene rings is 3. The highest BCUT2D eigenvalue weighted by Gasteiger charge is 2.23. The molecule has 172 valence electrons. The summed E-state index contributed by atoms with van der Waals surface area (Å²) < 4.78 is 11.4. The molecule has 4 heteroatoms. The molecule has 1 aliphatic heterocycles. The number of ether oxygens (including phenoxy) is 2. The van der Waals surface area contributed by atoms with Gasteiger partial charge in [-0.2, -0.15) is 0 Å². The van der Waals surface area contributed by atoms with Gasteiger partial charge < -0.3 is 14.4 Å². The second-order valence-electron chi connectivity index (χ2n) is 8.74. The second-order valence-corrected chi connectivity index (χ2v) is 8.74. The Hall–Kier alpha value is -3.11. The van der Waals surface area contributed by atoms with Crippen molar-refractivity contribution < 1.29 is 14.3 Å². The van der Waals surface area contributed by atoms with Gasteiger partial charge in [0.25, 0.3) is 5.91 Å². The average Bonchev–Trinajstić information content (AvgIpc) is 2.87. The van der Waals surface area contributed by atoms with E-state index in [1.807, 2.05) is 29.2 Å². The minimum absolute atomic E-state index is 0.107. The molecule has 0 radical (unpaired) electrons. The first-order valence-electron chi connectivity index (χ1n) is 11.8. The molecule has 1 fully saturated rings. The van der Waals surface area contributed by atoms with Crippen LogP contribution in [0, 0.1) is 6.92 Å². The van der Waals surface area contributed by atoms with Crippen LogP contribution >= 0.6 is 0 Å². The number of rotatable bonds is 7. The summed E-state index contributed by atoms with van der Waals surface area (Å²) in [7, 11) is 1.75. The summed E-state index contributed by atoms with van der Waals surface area (Å²) in [6.45, 7) is 6.24. The molecule has 3 aromatic rings. The van der Waals surface area contributed by atoms with Gasteiger partial charge >= 0.3 is 0 Å². The molecule has 0 N–H and O–H groups in total. The molecule has 1 heterocycles. The number of nitrogens with zero attached hydrogens (tertiary/aromatic N) is 1. The van der Waals surface area contributed by atoms with Crippen molar-refractivity contribution in [2.45, 2.75) is 45.8 Å². The maximum absolute atomic E-state index is 13.0. The van der Waals surface area contributed by atoms with Crippen molar-refractivity contribution in [1.82, 2.24) is 4.90 Å². The van der Waals surface area contributed by atoms with Gasteiger partial charge in [0.2, 0.25) is 0 Å². The summed E-state index contributed by atoms with van der Waals surface area (Å²) in [5, 5.41) is 0. The Kier molecular flexibility index (Phi) is 7.46. The smallest absolute Gasteiger partial charge is 0.253 e. The van der Waals surface area contributed by atoms with E-state index in [0.717, 1.165) is 65.9 Å². The van der Waals surface area contributed by atoms with Crippen LogP contribution in [0.1, 0.15) is 46.8 Å². The summed E-state index contributed by atoms with van der Waals surface area (Å²) >= 11 is 0. The molecule has 1 aliphatic rings. The summed E-state index contributed by atoms with van der Waals surface area (Å²) in [4.78, 5) is 14.9. The van der Waals surface area contributed by atoms with Crippen LogP contribution in [0.4, 0.5) is 0 Å². The number of likely N-dealkylation sites (tertiary alicyclic amines) is 1. The minimum atomic E-state index is 0.107. The molecule has 0 aliphatic carbocycles. The number of carbonyl (C=O) groups excluding carboxylic acids is 1.